The van der Waals surface area contributed by atoms with E-state index in [4.69, 9.17) is 0 Å². The minimum atomic E-state index is -3.09. The Hall–Kier alpha value is -2.99. The van der Waals surface area contributed by atoms with Crippen LogP contribution in [0.1, 0.15) is 31.0 Å². The van der Waals surface area contributed by atoms with Gasteiger partial charge in [0.2, 0.25) is 5.60 Å². The fourth-order valence-electron chi connectivity index (χ4n) is 3.63. The number of fused-ring (bicyclic) bond motifs is 1. The monoisotopic (exact) mass is 456 g/mol. The van der Waals surface area contributed by atoms with E-state index in [1.807, 2.05) is 13.8 Å². The van der Waals surface area contributed by atoms with Gasteiger partial charge in [-0.05, 0) is 35.7 Å². The Labute approximate surface area is 186 Å². The number of carboxylic acids is 1. The molecule has 1 heterocycles. The van der Waals surface area contributed by atoms with Crippen molar-refractivity contribution in [2.45, 2.75) is 30.7 Å². The molecule has 0 aliphatic heterocycles. The summed E-state index contributed by atoms with van der Waals surface area (Å²) in [5, 5.41) is 30.6. The highest BCUT2D eigenvalue weighted by Crippen LogP contribution is 2.50. The van der Waals surface area contributed by atoms with Crippen LogP contribution in [0.5, 0.6) is 0 Å². The van der Waals surface area contributed by atoms with Gasteiger partial charge in [0.25, 0.3) is 0 Å². The SMILES string of the molecule is CC(C)C=CC(c1ccc(F)cc1)C(O)(c1ccc2ccccc2n1)C(O)([PH+]=O)C(=O)O. The lowest BCUT2D eigenvalue weighted by molar-refractivity contribution is -0.176. The number of pyridine rings is 1. The Morgan fingerprint density at radius 1 is 1.03 bits per heavy atom. The number of allylic oxidation sites excluding steroid dienone is 1. The highest BCUT2D eigenvalue weighted by molar-refractivity contribution is 7.27. The molecule has 3 N–H and O–H groups in total. The Morgan fingerprint density at radius 3 is 2.28 bits per heavy atom. The highest BCUT2D eigenvalue weighted by Gasteiger charge is 2.68. The third kappa shape index (κ3) is 4.19. The number of hydrogen-bond acceptors (Lipinski definition) is 5. The Kier molecular flexibility index (Phi) is 6.84. The predicted molar refractivity (Wildman–Crippen MR) is 120 cm³/mol. The molecule has 0 radical (unpaired) electrons. The standard InChI is InChI=1S/C24H23FNO5P/c1-15(2)7-13-19(16-8-11-18(25)12-9-16)23(29,24(30,32-31)22(27)28)21-14-10-17-5-3-4-6-20(17)26-21/h3-15,19,29-30H,1-2H3,(H,27,28)/p+1. The van der Waals surface area contributed by atoms with Crippen LogP contribution in [0.2, 0.25) is 0 Å². The zero-order chi connectivity index (χ0) is 23.5. The smallest absolute Gasteiger partial charge is 0.392 e. The summed E-state index contributed by atoms with van der Waals surface area (Å²) >= 11 is 0. The molecule has 3 aromatic rings. The third-order valence-electron chi connectivity index (χ3n) is 5.37. The van der Waals surface area contributed by atoms with E-state index in [9.17, 15) is 29.1 Å². The summed E-state index contributed by atoms with van der Waals surface area (Å²) in [7, 11) is -1.82. The number of rotatable bonds is 8. The molecule has 0 saturated carbocycles. The fraction of sp³-hybridized carbons (Fsp3) is 0.250. The highest BCUT2D eigenvalue weighted by atomic mass is 31.1. The van der Waals surface area contributed by atoms with Gasteiger partial charge in [-0.2, -0.15) is 0 Å². The molecule has 2 aromatic carbocycles. The van der Waals surface area contributed by atoms with Gasteiger partial charge in [0.1, 0.15) is 5.82 Å². The van der Waals surface area contributed by atoms with Gasteiger partial charge in [0, 0.05) is 11.3 Å². The minimum absolute atomic E-state index is 0.0133. The Morgan fingerprint density at radius 2 is 1.69 bits per heavy atom. The van der Waals surface area contributed by atoms with E-state index in [2.05, 4.69) is 4.98 Å². The summed E-state index contributed by atoms with van der Waals surface area (Å²) < 4.78 is 25.7. The summed E-state index contributed by atoms with van der Waals surface area (Å²) in [6.45, 7) is 3.76. The maximum atomic E-state index is 13.6. The number of aliphatic carboxylic acids is 1. The first-order valence-electron chi connectivity index (χ1n) is 10.0. The van der Waals surface area contributed by atoms with E-state index in [-0.39, 0.29) is 11.6 Å². The molecule has 4 atom stereocenters. The van der Waals surface area contributed by atoms with Crippen molar-refractivity contribution >= 4 is 25.3 Å². The van der Waals surface area contributed by atoms with Gasteiger partial charge < -0.3 is 15.3 Å². The largest absolute Gasteiger partial charge is 0.476 e. The van der Waals surface area contributed by atoms with E-state index < -0.39 is 37.1 Å². The maximum absolute atomic E-state index is 13.6. The number of carboxylic acid groups (broad SMARTS) is 1. The van der Waals surface area contributed by atoms with Crippen LogP contribution in [0.4, 0.5) is 4.39 Å². The summed E-state index contributed by atoms with van der Waals surface area (Å²) in [6, 6.07) is 15.1. The molecule has 32 heavy (non-hydrogen) atoms. The number of aromatic nitrogens is 1. The zero-order valence-corrected chi connectivity index (χ0v) is 18.6. The first-order chi connectivity index (χ1) is 15.1. The quantitative estimate of drug-likeness (QED) is 0.344. The van der Waals surface area contributed by atoms with Crippen molar-refractivity contribution < 1.29 is 29.1 Å². The summed E-state index contributed by atoms with van der Waals surface area (Å²) in [5.41, 5.74) is -2.05. The number of aliphatic hydroxyl groups is 2. The van der Waals surface area contributed by atoms with Crippen LogP contribution in [-0.4, -0.2) is 31.6 Å². The molecule has 0 bridgehead atoms. The number of nitrogens with zero attached hydrogens (tertiary/aromatic N) is 1. The van der Waals surface area contributed by atoms with Crippen LogP contribution in [0, 0.1) is 11.7 Å². The second-order valence-electron chi connectivity index (χ2n) is 7.93. The minimum Gasteiger partial charge on any atom is -0.476 e. The van der Waals surface area contributed by atoms with Crippen molar-refractivity contribution in [3.8, 4) is 0 Å². The first-order valence-corrected chi connectivity index (χ1v) is 10.9. The number of carbonyl (C=O) groups is 1. The van der Waals surface area contributed by atoms with Crippen molar-refractivity contribution in [2.75, 3.05) is 0 Å². The van der Waals surface area contributed by atoms with Crippen LogP contribution in [-0.2, 0) is 15.0 Å². The van der Waals surface area contributed by atoms with E-state index >= 15 is 0 Å². The van der Waals surface area contributed by atoms with Crippen molar-refractivity contribution in [1.29, 1.82) is 0 Å². The second kappa shape index (κ2) is 9.25. The average Bonchev–Trinajstić information content (AvgIpc) is 2.78. The number of benzene rings is 2. The fourth-order valence-corrected chi connectivity index (χ4v) is 4.15. The second-order valence-corrected chi connectivity index (χ2v) is 8.86. The Bertz CT molecular complexity index is 1170. The van der Waals surface area contributed by atoms with E-state index in [1.54, 1.807) is 36.4 Å². The lowest BCUT2D eigenvalue weighted by Gasteiger charge is -2.37. The van der Waals surface area contributed by atoms with E-state index in [0.29, 0.717) is 11.1 Å². The van der Waals surface area contributed by atoms with Crippen LogP contribution in [0.15, 0.2) is 72.8 Å². The predicted octanol–water partition coefficient (Wildman–Crippen LogP) is 4.35. The van der Waals surface area contributed by atoms with Gasteiger partial charge in [0.05, 0.1) is 11.2 Å². The van der Waals surface area contributed by atoms with Crippen molar-refractivity contribution in [1.82, 2.24) is 4.98 Å². The molecular formula is C24H24FNO5P+. The lowest BCUT2D eigenvalue weighted by Crippen LogP contribution is -2.56. The normalized spacial score (nSPS) is 16.8. The van der Waals surface area contributed by atoms with Gasteiger partial charge in [-0.1, -0.05) is 67.0 Å². The average molecular weight is 456 g/mol. The Balaban J connectivity index is 2.37. The zero-order valence-electron chi connectivity index (χ0n) is 17.6. The first kappa shape index (κ1) is 23.7. The molecule has 0 spiro atoms. The van der Waals surface area contributed by atoms with Gasteiger partial charge in [-0.15, -0.1) is 0 Å². The molecule has 0 fully saturated rings. The summed E-state index contributed by atoms with van der Waals surface area (Å²) in [5.74, 6) is -3.58. The van der Waals surface area contributed by atoms with Gasteiger partial charge in [0.15, 0.2) is 0 Å². The van der Waals surface area contributed by atoms with Crippen LogP contribution >= 0.6 is 8.46 Å². The van der Waals surface area contributed by atoms with E-state index in [1.165, 1.54) is 36.4 Å². The molecule has 3 rings (SSSR count). The topological polar surface area (TPSA) is 108 Å². The van der Waals surface area contributed by atoms with Crippen molar-refractivity contribution in [2.24, 2.45) is 5.92 Å². The number of halogens is 1. The summed E-state index contributed by atoms with van der Waals surface area (Å²) in [4.78, 5) is 16.6. The lowest BCUT2D eigenvalue weighted by atomic mass is 9.74. The molecule has 6 nitrogen and oxygen atoms in total. The summed E-state index contributed by atoms with van der Waals surface area (Å²) in [6.07, 6.45) is 3.25. The van der Waals surface area contributed by atoms with Gasteiger partial charge in [-0.25, -0.2) is 14.2 Å². The molecular weight excluding hydrogens is 432 g/mol. The van der Waals surface area contributed by atoms with Crippen LogP contribution in [0.3, 0.4) is 0 Å². The molecule has 4 unspecified atom stereocenters. The number of hydrogen-bond donors (Lipinski definition) is 3. The maximum Gasteiger partial charge on any atom is 0.392 e. The van der Waals surface area contributed by atoms with Crippen molar-refractivity contribution in [3.63, 3.8) is 0 Å². The molecule has 0 saturated heterocycles. The van der Waals surface area contributed by atoms with Crippen molar-refractivity contribution in [3.05, 3.63) is 89.9 Å². The van der Waals surface area contributed by atoms with E-state index in [0.717, 1.165) is 5.39 Å². The number of para-hydroxylation sites is 1. The molecule has 0 amide bonds. The van der Waals surface area contributed by atoms with Gasteiger partial charge >= 0.3 is 19.8 Å². The van der Waals surface area contributed by atoms with Gasteiger partial charge in [-0.3, -0.25) is 0 Å². The molecule has 0 aliphatic carbocycles. The van der Waals surface area contributed by atoms with Crippen LogP contribution < -0.4 is 0 Å². The molecule has 1 aromatic heterocycles. The molecule has 8 heteroatoms. The molecule has 0 aliphatic rings. The molecule has 166 valence electrons. The van der Waals surface area contributed by atoms with Crippen LogP contribution in [0.25, 0.3) is 10.9 Å². The third-order valence-corrected chi connectivity index (χ3v) is 6.26.